The number of hydrogen-bond acceptors (Lipinski definition) is 3. The van der Waals surface area contributed by atoms with Crippen LogP contribution in [0.2, 0.25) is 0 Å². The SMILES string of the molecule is Fc1cc(CNC2CC2)cc(OCc2cccnc2)c1. The number of nitrogens with one attached hydrogen (secondary N) is 1. The molecule has 1 aliphatic carbocycles. The minimum atomic E-state index is -0.263. The monoisotopic (exact) mass is 272 g/mol. The van der Waals surface area contributed by atoms with Gasteiger partial charge >= 0.3 is 0 Å². The molecule has 0 unspecified atom stereocenters. The molecule has 1 aromatic carbocycles. The van der Waals surface area contributed by atoms with Crippen LogP contribution in [0.15, 0.2) is 42.7 Å². The Hall–Kier alpha value is -1.94. The van der Waals surface area contributed by atoms with Gasteiger partial charge in [0.15, 0.2) is 0 Å². The van der Waals surface area contributed by atoms with Gasteiger partial charge in [0.2, 0.25) is 0 Å². The van der Waals surface area contributed by atoms with Crippen LogP contribution >= 0.6 is 0 Å². The second kappa shape index (κ2) is 6.01. The van der Waals surface area contributed by atoms with Gasteiger partial charge in [-0.1, -0.05) is 6.07 Å². The second-order valence-corrected chi connectivity index (χ2v) is 5.10. The minimum Gasteiger partial charge on any atom is -0.489 e. The molecule has 104 valence electrons. The first-order valence-electron chi connectivity index (χ1n) is 6.84. The molecule has 0 atom stereocenters. The third-order valence-corrected chi connectivity index (χ3v) is 3.23. The van der Waals surface area contributed by atoms with E-state index in [0.717, 1.165) is 11.1 Å². The lowest BCUT2D eigenvalue weighted by molar-refractivity contribution is 0.303. The normalized spacial score (nSPS) is 14.2. The van der Waals surface area contributed by atoms with Gasteiger partial charge in [-0.2, -0.15) is 0 Å². The quantitative estimate of drug-likeness (QED) is 0.877. The van der Waals surface area contributed by atoms with E-state index in [1.807, 2.05) is 18.2 Å². The lowest BCUT2D eigenvalue weighted by Gasteiger charge is -2.09. The molecule has 0 amide bonds. The first-order chi connectivity index (χ1) is 9.79. The molecule has 1 aliphatic rings. The third-order valence-electron chi connectivity index (χ3n) is 3.23. The van der Waals surface area contributed by atoms with E-state index in [-0.39, 0.29) is 5.82 Å². The van der Waals surface area contributed by atoms with Gasteiger partial charge in [-0.25, -0.2) is 4.39 Å². The zero-order valence-electron chi connectivity index (χ0n) is 11.2. The van der Waals surface area contributed by atoms with Crippen LogP contribution in [0, 0.1) is 5.82 Å². The Morgan fingerprint density at radius 1 is 1.25 bits per heavy atom. The molecule has 3 nitrogen and oxygen atoms in total. The Kier molecular flexibility index (Phi) is 3.92. The Morgan fingerprint density at radius 2 is 2.15 bits per heavy atom. The van der Waals surface area contributed by atoms with Crippen molar-refractivity contribution in [3.8, 4) is 5.75 Å². The van der Waals surface area contributed by atoms with E-state index in [4.69, 9.17) is 4.74 Å². The highest BCUT2D eigenvalue weighted by Crippen LogP contribution is 2.21. The summed E-state index contributed by atoms with van der Waals surface area (Å²) in [5.41, 5.74) is 1.88. The van der Waals surface area contributed by atoms with Crippen LogP contribution < -0.4 is 10.1 Å². The Bertz CT molecular complexity index is 570. The molecule has 0 aliphatic heterocycles. The van der Waals surface area contributed by atoms with Crippen LogP contribution in [-0.2, 0) is 13.2 Å². The maximum absolute atomic E-state index is 13.6. The van der Waals surface area contributed by atoms with Crippen molar-refractivity contribution in [2.24, 2.45) is 0 Å². The summed E-state index contributed by atoms with van der Waals surface area (Å²) >= 11 is 0. The van der Waals surface area contributed by atoms with Crippen LogP contribution in [0.5, 0.6) is 5.75 Å². The van der Waals surface area contributed by atoms with Gasteiger partial charge in [0.25, 0.3) is 0 Å². The van der Waals surface area contributed by atoms with Crippen molar-refractivity contribution in [1.82, 2.24) is 10.3 Å². The third kappa shape index (κ3) is 3.78. The minimum absolute atomic E-state index is 0.263. The standard InChI is InChI=1S/C16H17FN2O/c17-14-6-13(10-19-15-3-4-15)7-16(8-14)20-11-12-2-1-5-18-9-12/h1-2,5-9,15,19H,3-4,10-11H2. The number of rotatable bonds is 6. The molecule has 0 bridgehead atoms. The van der Waals surface area contributed by atoms with Gasteiger partial charge in [0.1, 0.15) is 18.2 Å². The van der Waals surface area contributed by atoms with Crippen LogP contribution in [0.4, 0.5) is 4.39 Å². The lowest BCUT2D eigenvalue weighted by Crippen LogP contribution is -2.15. The number of nitrogens with zero attached hydrogens (tertiary/aromatic N) is 1. The lowest BCUT2D eigenvalue weighted by atomic mass is 10.2. The van der Waals surface area contributed by atoms with Crippen LogP contribution in [-0.4, -0.2) is 11.0 Å². The molecule has 1 saturated carbocycles. The van der Waals surface area contributed by atoms with Gasteiger partial charge in [-0.05, 0) is 36.6 Å². The molecule has 2 aromatic rings. The number of pyridine rings is 1. The summed E-state index contributed by atoms with van der Waals surface area (Å²) in [4.78, 5) is 4.02. The Labute approximate surface area is 117 Å². The van der Waals surface area contributed by atoms with Crippen molar-refractivity contribution in [2.45, 2.75) is 32.0 Å². The zero-order valence-corrected chi connectivity index (χ0v) is 11.2. The molecule has 4 heteroatoms. The molecular formula is C16H17FN2O. The van der Waals surface area contributed by atoms with Crippen molar-refractivity contribution in [1.29, 1.82) is 0 Å². The van der Waals surface area contributed by atoms with E-state index in [1.54, 1.807) is 18.5 Å². The van der Waals surface area contributed by atoms with E-state index in [0.29, 0.717) is 24.9 Å². The zero-order chi connectivity index (χ0) is 13.8. The fraction of sp³-hybridized carbons (Fsp3) is 0.312. The van der Waals surface area contributed by atoms with E-state index >= 15 is 0 Å². The van der Waals surface area contributed by atoms with Crippen molar-refractivity contribution in [3.05, 3.63) is 59.7 Å². The number of aromatic nitrogens is 1. The summed E-state index contributed by atoms with van der Waals surface area (Å²) in [6.45, 7) is 1.08. The fourth-order valence-corrected chi connectivity index (χ4v) is 2.01. The van der Waals surface area contributed by atoms with E-state index in [9.17, 15) is 4.39 Å². The summed E-state index contributed by atoms with van der Waals surface area (Å²) in [5, 5.41) is 3.37. The molecule has 0 radical (unpaired) electrons. The molecule has 1 heterocycles. The highest BCUT2D eigenvalue weighted by molar-refractivity contribution is 5.30. The smallest absolute Gasteiger partial charge is 0.127 e. The predicted octanol–water partition coefficient (Wildman–Crippen LogP) is 3.05. The largest absolute Gasteiger partial charge is 0.489 e. The van der Waals surface area contributed by atoms with Crippen LogP contribution in [0.25, 0.3) is 0 Å². The molecule has 3 rings (SSSR count). The molecule has 0 saturated heterocycles. The highest BCUT2D eigenvalue weighted by atomic mass is 19.1. The summed E-state index contributed by atoms with van der Waals surface area (Å²) in [6, 6.07) is 9.24. The van der Waals surface area contributed by atoms with E-state index in [1.165, 1.54) is 18.9 Å². The van der Waals surface area contributed by atoms with Crippen molar-refractivity contribution < 1.29 is 9.13 Å². The maximum atomic E-state index is 13.6. The predicted molar refractivity (Wildman–Crippen MR) is 74.8 cm³/mol. The van der Waals surface area contributed by atoms with Crippen molar-refractivity contribution in [2.75, 3.05) is 0 Å². The fourth-order valence-electron chi connectivity index (χ4n) is 2.01. The van der Waals surface area contributed by atoms with Gasteiger partial charge in [-0.15, -0.1) is 0 Å². The van der Waals surface area contributed by atoms with Gasteiger partial charge in [-0.3, -0.25) is 4.98 Å². The summed E-state index contributed by atoms with van der Waals surface area (Å²) < 4.78 is 19.2. The summed E-state index contributed by atoms with van der Waals surface area (Å²) in [7, 11) is 0. The van der Waals surface area contributed by atoms with Crippen LogP contribution in [0.1, 0.15) is 24.0 Å². The van der Waals surface area contributed by atoms with Gasteiger partial charge < -0.3 is 10.1 Å². The molecule has 0 spiro atoms. The number of halogens is 1. The Morgan fingerprint density at radius 3 is 2.90 bits per heavy atom. The number of benzene rings is 1. The van der Waals surface area contributed by atoms with Gasteiger partial charge in [0, 0.05) is 36.6 Å². The number of ether oxygens (including phenoxy) is 1. The topological polar surface area (TPSA) is 34.1 Å². The highest BCUT2D eigenvalue weighted by Gasteiger charge is 2.20. The Balaban J connectivity index is 1.62. The average Bonchev–Trinajstić information content (AvgIpc) is 3.28. The van der Waals surface area contributed by atoms with Crippen LogP contribution in [0.3, 0.4) is 0 Å². The van der Waals surface area contributed by atoms with Crippen molar-refractivity contribution >= 4 is 0 Å². The molecular weight excluding hydrogens is 255 g/mol. The van der Waals surface area contributed by atoms with E-state index in [2.05, 4.69) is 10.3 Å². The van der Waals surface area contributed by atoms with Gasteiger partial charge in [0.05, 0.1) is 0 Å². The first kappa shape index (κ1) is 13.1. The summed E-state index contributed by atoms with van der Waals surface area (Å²) in [6.07, 6.45) is 5.90. The molecule has 20 heavy (non-hydrogen) atoms. The first-order valence-corrected chi connectivity index (χ1v) is 6.84. The van der Waals surface area contributed by atoms with E-state index < -0.39 is 0 Å². The molecule has 1 N–H and O–H groups in total. The molecule has 1 aromatic heterocycles. The maximum Gasteiger partial charge on any atom is 0.127 e. The second-order valence-electron chi connectivity index (χ2n) is 5.10. The number of hydrogen-bond donors (Lipinski definition) is 1. The molecule has 1 fully saturated rings. The summed E-state index contributed by atoms with van der Waals surface area (Å²) in [5.74, 6) is 0.294. The van der Waals surface area contributed by atoms with Crippen molar-refractivity contribution in [3.63, 3.8) is 0 Å². The average molecular weight is 272 g/mol.